The van der Waals surface area contributed by atoms with Crippen molar-refractivity contribution in [3.8, 4) is 0 Å². The highest BCUT2D eigenvalue weighted by molar-refractivity contribution is 7.20. The summed E-state index contributed by atoms with van der Waals surface area (Å²) in [5.41, 5.74) is 3.09. The molecule has 0 fully saturated rings. The smallest absolute Gasteiger partial charge is 0.181 e. The molecule has 6 aromatic carbocycles. The van der Waals surface area contributed by atoms with Crippen LogP contribution in [0.3, 0.4) is 0 Å². The zero-order valence-electron chi connectivity index (χ0n) is 21.5. The number of anilines is 3. The van der Waals surface area contributed by atoms with E-state index in [2.05, 4.69) is 163 Å². The van der Waals surface area contributed by atoms with Gasteiger partial charge in [0.1, 0.15) is 0 Å². The maximum atomic E-state index is 7.63. The summed E-state index contributed by atoms with van der Waals surface area (Å²) < 4.78 is 0. The molecule has 0 N–H and O–H groups in total. The molecule has 6 aromatic rings. The highest BCUT2D eigenvalue weighted by Gasteiger charge is 2.43. The fourth-order valence-corrected chi connectivity index (χ4v) is 11.0. The lowest BCUT2D eigenvalue weighted by Crippen LogP contribution is -2.75. The Morgan fingerprint density at radius 2 is 0.744 bits per heavy atom. The fraction of sp³-hybridized carbons (Fsp3) is 0. The molecule has 0 aromatic heterocycles. The number of nitrogens with zero attached hydrogens (tertiary/aromatic N) is 1. The second-order valence-corrected chi connectivity index (χ2v) is 13.6. The van der Waals surface area contributed by atoms with E-state index >= 15 is 0 Å². The highest BCUT2D eigenvalue weighted by Crippen LogP contribution is 2.38. The Kier molecular flexibility index (Phi) is 7.14. The van der Waals surface area contributed by atoms with Crippen molar-refractivity contribution in [1.29, 1.82) is 0 Å². The van der Waals surface area contributed by atoms with Crippen LogP contribution in [0.2, 0.25) is 5.02 Å². The average molecular weight is 538 g/mol. The summed E-state index contributed by atoms with van der Waals surface area (Å²) >= 11 is 7.63. The number of benzene rings is 6. The van der Waals surface area contributed by atoms with E-state index in [1.165, 1.54) is 20.7 Å². The second kappa shape index (κ2) is 11.2. The van der Waals surface area contributed by atoms with Gasteiger partial charge in [-0.1, -0.05) is 151 Å². The van der Waals surface area contributed by atoms with Gasteiger partial charge in [-0.25, -0.2) is 0 Å². The summed E-state index contributed by atoms with van der Waals surface area (Å²) in [4.78, 5) is 2.26. The second-order valence-electron chi connectivity index (χ2n) is 9.49. The van der Waals surface area contributed by atoms with E-state index in [0.717, 1.165) is 22.1 Å². The maximum Gasteiger partial charge on any atom is 0.181 e. The predicted molar refractivity (Wildman–Crippen MR) is 170 cm³/mol. The standard InChI is InChI=1S/C36H28ClNSi/c37-36-34(38(29-17-6-1-7-18-29)30-19-8-2-9-20-30)27-16-28-35(36)39(31-21-10-3-11-22-31,32-23-12-4-13-24-32)33-25-14-5-15-26-33/h1-28H. The van der Waals surface area contributed by atoms with E-state index in [1.54, 1.807) is 0 Å². The van der Waals surface area contributed by atoms with Crippen molar-refractivity contribution in [1.82, 2.24) is 0 Å². The molecule has 0 aliphatic rings. The lowest BCUT2D eigenvalue weighted by atomic mass is 10.2. The summed E-state index contributed by atoms with van der Waals surface area (Å²) in [6.45, 7) is 0. The number of halogens is 1. The van der Waals surface area contributed by atoms with E-state index in [4.69, 9.17) is 11.6 Å². The van der Waals surface area contributed by atoms with Crippen LogP contribution >= 0.6 is 11.6 Å². The Hall–Kier alpha value is -4.37. The van der Waals surface area contributed by atoms with Gasteiger partial charge in [-0.05, 0) is 51.1 Å². The molecule has 1 nitrogen and oxygen atoms in total. The van der Waals surface area contributed by atoms with E-state index in [1.807, 2.05) is 12.1 Å². The molecule has 188 valence electrons. The fourth-order valence-electron chi connectivity index (χ4n) is 5.59. The van der Waals surface area contributed by atoms with Gasteiger partial charge >= 0.3 is 0 Å². The van der Waals surface area contributed by atoms with Crippen LogP contribution in [-0.4, -0.2) is 8.07 Å². The maximum absolute atomic E-state index is 7.63. The van der Waals surface area contributed by atoms with Crippen molar-refractivity contribution in [2.24, 2.45) is 0 Å². The van der Waals surface area contributed by atoms with Crippen LogP contribution in [0.1, 0.15) is 0 Å². The third-order valence-electron chi connectivity index (χ3n) is 7.27. The summed E-state index contributed by atoms with van der Waals surface area (Å²) in [5.74, 6) is 0. The van der Waals surface area contributed by atoms with Crippen molar-refractivity contribution in [3.63, 3.8) is 0 Å². The minimum atomic E-state index is -2.78. The molecule has 0 atom stereocenters. The van der Waals surface area contributed by atoms with Gasteiger partial charge < -0.3 is 4.90 Å². The Balaban J connectivity index is 1.69. The molecule has 0 amide bonds. The predicted octanol–water partition coefficient (Wildman–Crippen LogP) is 7.19. The third kappa shape index (κ3) is 4.59. The molecule has 0 heterocycles. The number of rotatable bonds is 7. The lowest BCUT2D eigenvalue weighted by Gasteiger charge is -2.36. The molecule has 0 saturated carbocycles. The average Bonchev–Trinajstić information content (AvgIpc) is 3.02. The van der Waals surface area contributed by atoms with Gasteiger partial charge in [-0.3, -0.25) is 0 Å². The Morgan fingerprint density at radius 3 is 1.13 bits per heavy atom. The number of hydrogen-bond donors (Lipinski definition) is 0. The van der Waals surface area contributed by atoms with Crippen molar-refractivity contribution < 1.29 is 0 Å². The molecule has 0 unspecified atom stereocenters. The molecular formula is C36H28ClNSi. The van der Waals surface area contributed by atoms with Gasteiger partial charge in [-0.15, -0.1) is 0 Å². The topological polar surface area (TPSA) is 3.24 Å². The Morgan fingerprint density at radius 1 is 0.385 bits per heavy atom. The molecule has 0 aliphatic heterocycles. The lowest BCUT2D eigenvalue weighted by molar-refractivity contribution is 1.29. The first-order valence-electron chi connectivity index (χ1n) is 13.2. The van der Waals surface area contributed by atoms with Crippen LogP contribution < -0.4 is 25.6 Å². The third-order valence-corrected chi connectivity index (χ3v) is 12.7. The van der Waals surface area contributed by atoms with Crippen molar-refractivity contribution in [2.45, 2.75) is 0 Å². The van der Waals surface area contributed by atoms with Crippen LogP contribution in [-0.2, 0) is 0 Å². The van der Waals surface area contributed by atoms with E-state index < -0.39 is 8.07 Å². The first-order chi connectivity index (χ1) is 19.3. The van der Waals surface area contributed by atoms with Gasteiger partial charge in [0.15, 0.2) is 8.07 Å². The molecule has 6 rings (SSSR count). The SMILES string of the molecule is Clc1c(N(c2ccccc2)c2ccccc2)cccc1[Si](c1ccccc1)(c1ccccc1)c1ccccc1. The summed E-state index contributed by atoms with van der Waals surface area (Å²) in [6.07, 6.45) is 0. The Labute approximate surface area is 236 Å². The minimum absolute atomic E-state index is 0.772. The molecule has 0 aliphatic carbocycles. The van der Waals surface area contributed by atoms with E-state index in [-0.39, 0.29) is 0 Å². The molecule has 0 saturated heterocycles. The van der Waals surface area contributed by atoms with Crippen LogP contribution in [0.5, 0.6) is 0 Å². The molecular weight excluding hydrogens is 510 g/mol. The molecule has 0 bridgehead atoms. The van der Waals surface area contributed by atoms with E-state index in [9.17, 15) is 0 Å². The monoisotopic (exact) mass is 537 g/mol. The van der Waals surface area contributed by atoms with Gasteiger partial charge in [-0.2, -0.15) is 0 Å². The first-order valence-corrected chi connectivity index (χ1v) is 15.5. The van der Waals surface area contributed by atoms with Gasteiger partial charge in [0.25, 0.3) is 0 Å². The minimum Gasteiger partial charge on any atom is -0.309 e. The van der Waals surface area contributed by atoms with Crippen LogP contribution in [0.25, 0.3) is 0 Å². The number of hydrogen-bond acceptors (Lipinski definition) is 1. The molecule has 0 radical (unpaired) electrons. The molecule has 3 heteroatoms. The zero-order valence-corrected chi connectivity index (χ0v) is 23.2. The van der Waals surface area contributed by atoms with Gasteiger partial charge in [0.2, 0.25) is 0 Å². The van der Waals surface area contributed by atoms with E-state index in [0.29, 0.717) is 0 Å². The van der Waals surface area contributed by atoms with Crippen molar-refractivity contribution >= 4 is 57.5 Å². The van der Waals surface area contributed by atoms with Crippen LogP contribution in [0.4, 0.5) is 17.1 Å². The van der Waals surface area contributed by atoms with Gasteiger partial charge in [0, 0.05) is 11.4 Å². The van der Waals surface area contributed by atoms with Crippen molar-refractivity contribution in [3.05, 3.63) is 175 Å². The quantitative estimate of drug-likeness (QED) is 0.154. The molecule has 39 heavy (non-hydrogen) atoms. The largest absolute Gasteiger partial charge is 0.309 e. The highest BCUT2D eigenvalue weighted by atomic mass is 35.5. The Bertz CT molecular complexity index is 1500. The normalized spacial score (nSPS) is 11.2. The summed E-state index contributed by atoms with van der Waals surface area (Å²) in [7, 11) is -2.78. The number of para-hydroxylation sites is 2. The van der Waals surface area contributed by atoms with Gasteiger partial charge in [0.05, 0.1) is 10.7 Å². The van der Waals surface area contributed by atoms with Crippen LogP contribution in [0.15, 0.2) is 170 Å². The van der Waals surface area contributed by atoms with Crippen molar-refractivity contribution in [2.75, 3.05) is 4.90 Å². The first kappa shape index (κ1) is 24.9. The summed E-state index contributed by atoms with van der Waals surface area (Å²) in [6, 6.07) is 60.1. The summed E-state index contributed by atoms with van der Waals surface area (Å²) in [5, 5.41) is 5.84. The zero-order chi connectivity index (χ0) is 26.5. The van der Waals surface area contributed by atoms with Crippen LogP contribution in [0, 0.1) is 0 Å². The molecule has 0 spiro atoms.